The van der Waals surface area contributed by atoms with Gasteiger partial charge in [-0.05, 0) is 69.5 Å². The Morgan fingerprint density at radius 1 is 0.960 bits per heavy atom. The summed E-state index contributed by atoms with van der Waals surface area (Å²) in [5.41, 5.74) is 1.50. The van der Waals surface area contributed by atoms with Gasteiger partial charge in [0.05, 0.1) is 6.17 Å². The van der Waals surface area contributed by atoms with Gasteiger partial charge in [0.2, 0.25) is 0 Å². The molecule has 1 saturated carbocycles. The summed E-state index contributed by atoms with van der Waals surface area (Å²) in [4.78, 5) is 2.56. The van der Waals surface area contributed by atoms with Crippen LogP contribution in [0.15, 0.2) is 30.3 Å². The van der Waals surface area contributed by atoms with Crippen molar-refractivity contribution in [2.75, 3.05) is 20.1 Å². The Kier molecular flexibility index (Phi) is 7.81. The third-order valence-electron chi connectivity index (χ3n) is 6.42. The van der Waals surface area contributed by atoms with Crippen LogP contribution in [0.2, 0.25) is 0 Å². The highest BCUT2D eigenvalue weighted by Gasteiger charge is 2.29. The van der Waals surface area contributed by atoms with E-state index in [2.05, 4.69) is 47.6 Å². The van der Waals surface area contributed by atoms with E-state index in [1.54, 1.807) is 0 Å². The van der Waals surface area contributed by atoms with Gasteiger partial charge in [-0.25, -0.2) is 0 Å². The van der Waals surface area contributed by atoms with E-state index in [0.29, 0.717) is 6.17 Å². The van der Waals surface area contributed by atoms with Crippen LogP contribution in [-0.2, 0) is 6.42 Å². The third kappa shape index (κ3) is 6.42. The highest BCUT2D eigenvalue weighted by molar-refractivity contribution is 5.14. The maximum Gasteiger partial charge on any atom is 0.0597 e. The normalized spacial score (nSPS) is 25.0. The summed E-state index contributed by atoms with van der Waals surface area (Å²) >= 11 is 0. The molecule has 0 radical (unpaired) electrons. The topological polar surface area (TPSA) is 15.3 Å². The number of hydrogen-bond donors (Lipinski definition) is 1. The molecular weight excluding hydrogens is 304 g/mol. The van der Waals surface area contributed by atoms with Crippen molar-refractivity contribution in [3.63, 3.8) is 0 Å². The van der Waals surface area contributed by atoms with E-state index in [-0.39, 0.29) is 0 Å². The minimum absolute atomic E-state index is 0.642. The number of hydrogen-bond acceptors (Lipinski definition) is 2. The standard InChI is InChI=1S/C23H38N2/c1-25-19-22(17-23(25)24-18-21-14-9-10-15-21)16-6-3-2-5-11-20-12-7-4-8-13-20/h4,7-8,12-13,21-24H,2-3,5-6,9-11,14-19H2,1H3. The van der Waals surface area contributed by atoms with Crippen molar-refractivity contribution >= 4 is 0 Å². The lowest BCUT2D eigenvalue weighted by Gasteiger charge is -2.22. The van der Waals surface area contributed by atoms with Gasteiger partial charge in [0.25, 0.3) is 0 Å². The van der Waals surface area contributed by atoms with Crippen LogP contribution in [0.5, 0.6) is 0 Å². The number of nitrogens with one attached hydrogen (secondary N) is 1. The molecule has 1 saturated heterocycles. The zero-order chi connectivity index (χ0) is 17.3. The molecule has 1 heterocycles. The Balaban J connectivity index is 1.22. The molecule has 1 N–H and O–H groups in total. The second kappa shape index (κ2) is 10.3. The van der Waals surface area contributed by atoms with E-state index in [4.69, 9.17) is 0 Å². The predicted octanol–water partition coefficient (Wildman–Crippen LogP) is 5.24. The fourth-order valence-corrected chi connectivity index (χ4v) is 4.83. The fourth-order valence-electron chi connectivity index (χ4n) is 4.83. The number of benzene rings is 1. The summed E-state index contributed by atoms with van der Waals surface area (Å²) in [6, 6.07) is 10.9. The number of unbranched alkanes of at least 4 members (excludes halogenated alkanes) is 3. The van der Waals surface area contributed by atoms with E-state index in [1.807, 2.05) is 0 Å². The first-order chi connectivity index (χ1) is 12.3. The highest BCUT2D eigenvalue weighted by Crippen LogP contribution is 2.27. The second-order valence-electron chi connectivity index (χ2n) is 8.55. The third-order valence-corrected chi connectivity index (χ3v) is 6.42. The molecule has 2 nitrogen and oxygen atoms in total. The highest BCUT2D eigenvalue weighted by atomic mass is 15.3. The quantitative estimate of drug-likeness (QED) is 0.585. The molecule has 1 aromatic carbocycles. The summed E-state index contributed by atoms with van der Waals surface area (Å²) in [6.45, 7) is 2.55. The number of rotatable bonds is 10. The average molecular weight is 343 g/mol. The summed E-state index contributed by atoms with van der Waals surface area (Å²) in [6.07, 6.45) is 16.1. The summed E-state index contributed by atoms with van der Waals surface area (Å²) in [7, 11) is 2.31. The molecule has 0 aromatic heterocycles. The van der Waals surface area contributed by atoms with E-state index in [1.165, 1.54) is 89.3 Å². The minimum atomic E-state index is 0.642. The maximum atomic E-state index is 3.86. The lowest BCUT2D eigenvalue weighted by molar-refractivity contribution is 0.251. The molecule has 1 aliphatic carbocycles. The largest absolute Gasteiger partial charge is 0.301 e. The molecule has 0 spiro atoms. The minimum Gasteiger partial charge on any atom is -0.301 e. The zero-order valence-corrected chi connectivity index (χ0v) is 16.3. The SMILES string of the molecule is CN1CC(CCCCCCc2ccccc2)CC1NCC1CCCC1. The lowest BCUT2D eigenvalue weighted by atomic mass is 9.98. The van der Waals surface area contributed by atoms with Gasteiger partial charge in [0.15, 0.2) is 0 Å². The molecule has 2 heteroatoms. The Bertz CT molecular complexity index is 466. The van der Waals surface area contributed by atoms with Crippen LogP contribution in [0.1, 0.15) is 69.8 Å². The zero-order valence-electron chi connectivity index (χ0n) is 16.3. The molecule has 25 heavy (non-hydrogen) atoms. The molecule has 1 aliphatic heterocycles. The van der Waals surface area contributed by atoms with Crippen LogP contribution in [0.4, 0.5) is 0 Å². The smallest absolute Gasteiger partial charge is 0.0597 e. The van der Waals surface area contributed by atoms with E-state index in [9.17, 15) is 0 Å². The number of likely N-dealkylation sites (tertiary alicyclic amines) is 1. The first kappa shape index (κ1) is 18.9. The molecule has 3 rings (SSSR count). The summed E-state index contributed by atoms with van der Waals surface area (Å²) in [5, 5.41) is 3.86. The van der Waals surface area contributed by atoms with E-state index < -0.39 is 0 Å². The second-order valence-corrected chi connectivity index (χ2v) is 8.55. The molecular formula is C23H38N2. The van der Waals surface area contributed by atoms with Gasteiger partial charge >= 0.3 is 0 Å². The van der Waals surface area contributed by atoms with Crippen LogP contribution in [0, 0.1) is 11.8 Å². The fraction of sp³-hybridized carbons (Fsp3) is 0.739. The summed E-state index contributed by atoms with van der Waals surface area (Å²) in [5.74, 6) is 1.87. The van der Waals surface area contributed by atoms with Crippen LogP contribution in [-0.4, -0.2) is 31.2 Å². The average Bonchev–Trinajstić information content (AvgIpc) is 3.27. The number of nitrogens with zero attached hydrogens (tertiary/aromatic N) is 1. The Labute approximate surface area is 155 Å². The Hall–Kier alpha value is -0.860. The van der Waals surface area contributed by atoms with Gasteiger partial charge in [0.1, 0.15) is 0 Å². The molecule has 140 valence electrons. The molecule has 2 unspecified atom stereocenters. The molecule has 2 atom stereocenters. The van der Waals surface area contributed by atoms with Crippen molar-refractivity contribution in [1.82, 2.24) is 10.2 Å². The van der Waals surface area contributed by atoms with Gasteiger partial charge in [-0.15, -0.1) is 0 Å². The van der Waals surface area contributed by atoms with Crippen molar-refractivity contribution < 1.29 is 0 Å². The van der Waals surface area contributed by atoms with Crippen LogP contribution in [0.25, 0.3) is 0 Å². The van der Waals surface area contributed by atoms with Crippen LogP contribution < -0.4 is 5.32 Å². The Morgan fingerprint density at radius 3 is 2.52 bits per heavy atom. The Morgan fingerprint density at radius 2 is 1.72 bits per heavy atom. The first-order valence-corrected chi connectivity index (χ1v) is 10.8. The summed E-state index contributed by atoms with van der Waals surface area (Å²) < 4.78 is 0. The van der Waals surface area contributed by atoms with Crippen molar-refractivity contribution in [2.24, 2.45) is 11.8 Å². The van der Waals surface area contributed by atoms with Crippen LogP contribution in [0.3, 0.4) is 0 Å². The maximum absolute atomic E-state index is 3.86. The van der Waals surface area contributed by atoms with Crippen molar-refractivity contribution in [3.05, 3.63) is 35.9 Å². The van der Waals surface area contributed by atoms with Gasteiger partial charge in [-0.3, -0.25) is 4.90 Å². The van der Waals surface area contributed by atoms with Gasteiger partial charge in [-0.1, -0.05) is 62.4 Å². The molecule has 0 bridgehead atoms. The molecule has 0 amide bonds. The van der Waals surface area contributed by atoms with E-state index >= 15 is 0 Å². The molecule has 2 aliphatic rings. The van der Waals surface area contributed by atoms with Crippen molar-refractivity contribution in [2.45, 2.75) is 76.8 Å². The van der Waals surface area contributed by atoms with Crippen molar-refractivity contribution in [1.29, 1.82) is 0 Å². The van der Waals surface area contributed by atoms with Gasteiger partial charge in [0, 0.05) is 6.54 Å². The molecule has 2 fully saturated rings. The van der Waals surface area contributed by atoms with Crippen molar-refractivity contribution in [3.8, 4) is 0 Å². The van der Waals surface area contributed by atoms with Crippen LogP contribution >= 0.6 is 0 Å². The predicted molar refractivity (Wildman–Crippen MR) is 108 cm³/mol. The lowest BCUT2D eigenvalue weighted by Crippen LogP contribution is -2.40. The molecule has 1 aromatic rings. The monoisotopic (exact) mass is 342 g/mol. The van der Waals surface area contributed by atoms with E-state index in [0.717, 1.165) is 11.8 Å². The first-order valence-electron chi connectivity index (χ1n) is 10.8. The number of aryl methyl sites for hydroxylation is 1. The van der Waals surface area contributed by atoms with Gasteiger partial charge < -0.3 is 5.32 Å². The van der Waals surface area contributed by atoms with Gasteiger partial charge in [-0.2, -0.15) is 0 Å².